The van der Waals surface area contributed by atoms with Gasteiger partial charge in [-0.15, -0.1) is 0 Å². The lowest BCUT2D eigenvalue weighted by Gasteiger charge is -2.16. The molecule has 2 atom stereocenters. The Hall–Kier alpha value is -3.68. The first kappa shape index (κ1) is 22.5. The van der Waals surface area contributed by atoms with Gasteiger partial charge in [0.25, 0.3) is 11.8 Å². The van der Waals surface area contributed by atoms with Crippen molar-refractivity contribution in [3.8, 4) is 0 Å². The molecule has 0 aliphatic carbocycles. The molecule has 1 heterocycles. The maximum atomic E-state index is 13.2. The van der Waals surface area contributed by atoms with Crippen LogP contribution in [0.1, 0.15) is 20.7 Å². The standard InChI is InChI=1S/C24H15Cl2NO6/c25-16-11-17(26)13-18(12-16)27-21(28)19(32-23(30)14-7-3-1-4-8-14)20(22(27)29)33-24(31)15-9-5-2-6-10-15/h1-13,19-20H/t19-,20-/m0/s1. The Morgan fingerprint density at radius 1 is 0.667 bits per heavy atom. The van der Waals surface area contributed by atoms with Crippen molar-refractivity contribution in [2.45, 2.75) is 12.2 Å². The van der Waals surface area contributed by atoms with Crippen molar-refractivity contribution in [3.63, 3.8) is 0 Å². The molecule has 1 aliphatic rings. The molecule has 166 valence electrons. The smallest absolute Gasteiger partial charge is 0.339 e. The number of carbonyl (C=O) groups excluding carboxylic acids is 4. The summed E-state index contributed by atoms with van der Waals surface area (Å²) in [5.41, 5.74) is 0.381. The molecule has 1 aliphatic heterocycles. The highest BCUT2D eigenvalue weighted by molar-refractivity contribution is 6.36. The molecule has 9 heteroatoms. The van der Waals surface area contributed by atoms with Crippen LogP contribution in [0.3, 0.4) is 0 Å². The van der Waals surface area contributed by atoms with Crippen molar-refractivity contribution in [2.24, 2.45) is 0 Å². The number of amides is 2. The molecule has 3 aromatic rings. The fourth-order valence-corrected chi connectivity index (χ4v) is 3.80. The van der Waals surface area contributed by atoms with E-state index in [1.54, 1.807) is 36.4 Å². The van der Waals surface area contributed by atoms with E-state index in [9.17, 15) is 19.2 Å². The average molecular weight is 484 g/mol. The van der Waals surface area contributed by atoms with Crippen molar-refractivity contribution in [2.75, 3.05) is 4.90 Å². The zero-order valence-corrected chi connectivity index (χ0v) is 18.3. The van der Waals surface area contributed by atoms with Crippen LogP contribution in [0, 0.1) is 0 Å². The first-order chi connectivity index (χ1) is 15.8. The second-order valence-electron chi connectivity index (χ2n) is 7.02. The number of anilines is 1. The van der Waals surface area contributed by atoms with Crippen molar-refractivity contribution >= 4 is 52.6 Å². The van der Waals surface area contributed by atoms with Crippen molar-refractivity contribution in [1.29, 1.82) is 0 Å². The van der Waals surface area contributed by atoms with Gasteiger partial charge in [0.05, 0.1) is 16.8 Å². The van der Waals surface area contributed by atoms with Crippen LogP contribution < -0.4 is 4.90 Å². The Morgan fingerprint density at radius 2 is 1.06 bits per heavy atom. The summed E-state index contributed by atoms with van der Waals surface area (Å²) >= 11 is 12.0. The van der Waals surface area contributed by atoms with Crippen LogP contribution >= 0.6 is 23.2 Å². The second kappa shape index (κ2) is 9.44. The molecule has 0 saturated carbocycles. The summed E-state index contributed by atoms with van der Waals surface area (Å²) in [6.07, 6.45) is -3.40. The zero-order chi connectivity index (χ0) is 23.5. The Kier molecular flexibility index (Phi) is 6.44. The van der Waals surface area contributed by atoms with Crippen LogP contribution in [0.4, 0.5) is 5.69 Å². The average Bonchev–Trinajstić information content (AvgIpc) is 3.03. The monoisotopic (exact) mass is 483 g/mol. The lowest BCUT2D eigenvalue weighted by molar-refractivity contribution is -0.130. The molecule has 0 bridgehead atoms. The van der Waals surface area contributed by atoms with E-state index in [0.717, 1.165) is 4.90 Å². The number of esters is 2. The largest absolute Gasteiger partial charge is 0.444 e. The van der Waals surface area contributed by atoms with Crippen LogP contribution in [0.5, 0.6) is 0 Å². The molecule has 0 N–H and O–H groups in total. The molecule has 33 heavy (non-hydrogen) atoms. The molecule has 3 aromatic carbocycles. The van der Waals surface area contributed by atoms with Gasteiger partial charge in [-0.25, -0.2) is 14.5 Å². The summed E-state index contributed by atoms with van der Waals surface area (Å²) in [4.78, 5) is 52.3. The lowest BCUT2D eigenvalue weighted by Crippen LogP contribution is -2.37. The van der Waals surface area contributed by atoms with Crippen molar-refractivity contribution in [3.05, 3.63) is 100 Å². The molecule has 0 spiro atoms. The van der Waals surface area contributed by atoms with E-state index >= 15 is 0 Å². The lowest BCUT2D eigenvalue weighted by atomic mass is 10.2. The van der Waals surface area contributed by atoms with E-state index in [1.807, 2.05) is 0 Å². The van der Waals surface area contributed by atoms with E-state index in [0.29, 0.717) is 0 Å². The van der Waals surface area contributed by atoms with E-state index in [4.69, 9.17) is 32.7 Å². The first-order valence-corrected chi connectivity index (χ1v) is 10.5. The van der Waals surface area contributed by atoms with E-state index < -0.39 is 36.0 Å². The van der Waals surface area contributed by atoms with Gasteiger partial charge in [0, 0.05) is 10.0 Å². The fourth-order valence-electron chi connectivity index (χ4n) is 3.28. The van der Waals surface area contributed by atoms with Gasteiger partial charge in [0.15, 0.2) is 0 Å². The van der Waals surface area contributed by atoms with Gasteiger partial charge >= 0.3 is 11.9 Å². The Morgan fingerprint density at radius 3 is 1.45 bits per heavy atom. The van der Waals surface area contributed by atoms with Crippen LogP contribution in [-0.4, -0.2) is 36.0 Å². The number of carbonyl (C=O) groups is 4. The molecule has 1 fully saturated rings. The number of hydrogen-bond acceptors (Lipinski definition) is 6. The number of benzene rings is 3. The molecule has 0 radical (unpaired) electrons. The normalized spacial score (nSPS) is 17.7. The molecular formula is C24H15Cl2NO6. The molecule has 0 aromatic heterocycles. The second-order valence-corrected chi connectivity index (χ2v) is 7.90. The van der Waals surface area contributed by atoms with Crippen LogP contribution in [-0.2, 0) is 19.1 Å². The molecule has 7 nitrogen and oxygen atoms in total. The summed E-state index contributed by atoms with van der Waals surface area (Å²) in [6.45, 7) is 0. The van der Waals surface area contributed by atoms with Gasteiger partial charge < -0.3 is 9.47 Å². The molecule has 1 saturated heterocycles. The van der Waals surface area contributed by atoms with Gasteiger partial charge in [-0.2, -0.15) is 0 Å². The third-order valence-electron chi connectivity index (χ3n) is 4.80. The van der Waals surface area contributed by atoms with Crippen LogP contribution in [0.2, 0.25) is 10.0 Å². The fraction of sp³-hybridized carbons (Fsp3) is 0.0833. The Balaban J connectivity index is 1.68. The maximum absolute atomic E-state index is 13.2. The SMILES string of the molecule is O=C(O[C@@H]1C(=O)N(c2cc(Cl)cc(Cl)c2)C(=O)[C@H]1OC(=O)c1ccccc1)c1ccccc1. The van der Waals surface area contributed by atoms with Crippen molar-refractivity contribution < 1.29 is 28.7 Å². The van der Waals surface area contributed by atoms with Gasteiger partial charge in [-0.1, -0.05) is 59.6 Å². The molecule has 2 amide bonds. The highest BCUT2D eigenvalue weighted by Gasteiger charge is 2.53. The van der Waals surface area contributed by atoms with Gasteiger partial charge in [-0.3, -0.25) is 9.59 Å². The highest BCUT2D eigenvalue weighted by Crippen LogP contribution is 2.32. The minimum absolute atomic E-state index is 0.0570. The number of halogens is 2. The summed E-state index contributed by atoms with van der Waals surface area (Å²) in [6, 6.07) is 20.0. The highest BCUT2D eigenvalue weighted by atomic mass is 35.5. The summed E-state index contributed by atoms with van der Waals surface area (Å²) in [5, 5.41) is 0.362. The number of ether oxygens (including phenoxy) is 2. The maximum Gasteiger partial charge on any atom is 0.339 e. The van der Waals surface area contributed by atoms with E-state index in [1.165, 1.54) is 42.5 Å². The van der Waals surface area contributed by atoms with Crippen molar-refractivity contribution in [1.82, 2.24) is 0 Å². The third-order valence-corrected chi connectivity index (χ3v) is 5.23. The number of nitrogens with zero attached hydrogens (tertiary/aromatic N) is 1. The first-order valence-electron chi connectivity index (χ1n) is 9.71. The topological polar surface area (TPSA) is 90.0 Å². The number of imide groups is 1. The molecule has 0 unspecified atom stereocenters. The zero-order valence-electron chi connectivity index (χ0n) is 16.8. The van der Waals surface area contributed by atoms with Gasteiger partial charge in [0.1, 0.15) is 0 Å². The van der Waals surface area contributed by atoms with E-state index in [2.05, 4.69) is 0 Å². The van der Waals surface area contributed by atoms with Crippen LogP contribution in [0.25, 0.3) is 0 Å². The summed E-state index contributed by atoms with van der Waals surface area (Å²) in [7, 11) is 0. The minimum Gasteiger partial charge on any atom is -0.444 e. The third kappa shape index (κ3) is 4.74. The van der Waals surface area contributed by atoms with Gasteiger partial charge in [-0.05, 0) is 42.5 Å². The minimum atomic E-state index is -1.70. The predicted octanol–water partition coefficient (Wildman–Crippen LogP) is 4.32. The number of rotatable bonds is 5. The van der Waals surface area contributed by atoms with Gasteiger partial charge in [0.2, 0.25) is 12.2 Å². The number of hydrogen-bond donors (Lipinski definition) is 0. The Labute approximate surface area is 198 Å². The van der Waals surface area contributed by atoms with E-state index in [-0.39, 0.29) is 26.9 Å². The molecule has 4 rings (SSSR count). The summed E-state index contributed by atoms with van der Waals surface area (Å²) < 4.78 is 10.7. The Bertz CT molecular complexity index is 1140. The quantitative estimate of drug-likeness (QED) is 0.396. The predicted molar refractivity (Wildman–Crippen MR) is 120 cm³/mol. The summed E-state index contributed by atoms with van der Waals surface area (Å²) in [5.74, 6) is -3.50. The molecular weight excluding hydrogens is 469 g/mol. The van der Waals surface area contributed by atoms with Crippen LogP contribution in [0.15, 0.2) is 78.9 Å².